The van der Waals surface area contributed by atoms with Gasteiger partial charge in [-0.05, 0) is 23.8 Å². The van der Waals surface area contributed by atoms with E-state index in [9.17, 15) is 4.79 Å². The Morgan fingerprint density at radius 2 is 1.96 bits per heavy atom. The number of carboxylic acid groups (broad SMARTS) is 1. The Labute approximate surface area is 143 Å². The molecule has 0 aromatic heterocycles. The molecule has 0 fully saturated rings. The number of rotatable bonds is 3. The number of benzene rings is 2. The molecule has 124 valence electrons. The van der Waals surface area contributed by atoms with Crippen LogP contribution in [0.4, 0.5) is 0 Å². The van der Waals surface area contributed by atoms with Gasteiger partial charge in [-0.3, -0.25) is 4.79 Å². The zero-order chi connectivity index (χ0) is 16.7. The predicted octanol–water partition coefficient (Wildman–Crippen LogP) is 3.80. The molecule has 2 aromatic rings. The summed E-state index contributed by atoms with van der Waals surface area (Å²) in [7, 11) is 0. The molecule has 2 aliphatic heterocycles. The smallest absolute Gasteiger partial charge is 0.304 e. The van der Waals surface area contributed by atoms with Crippen LogP contribution < -0.4 is 14.2 Å². The number of carbonyl (C=O) groups is 1. The standard InChI is InChI=1S/C18H15ClO5/c19-12-3-1-2-10(4-12)17-9-23-15-6-13-11(5-18(20)21)8-22-14(13)7-16(15)24-17/h1-4,6-7,11,17H,5,8-9H2,(H,20,21)/t11-,17+/m1/s1. The highest BCUT2D eigenvalue weighted by molar-refractivity contribution is 6.30. The van der Waals surface area contributed by atoms with E-state index in [0.717, 1.165) is 11.1 Å². The van der Waals surface area contributed by atoms with E-state index in [2.05, 4.69) is 0 Å². The number of aliphatic carboxylic acids is 1. The zero-order valence-electron chi connectivity index (χ0n) is 12.7. The second-order valence-corrected chi connectivity index (χ2v) is 6.35. The molecular formula is C18H15ClO5. The fourth-order valence-corrected chi connectivity index (χ4v) is 3.29. The second-order valence-electron chi connectivity index (χ2n) is 5.92. The monoisotopic (exact) mass is 346 g/mol. The molecule has 1 N–H and O–H groups in total. The molecule has 0 radical (unpaired) electrons. The molecule has 2 atom stereocenters. The molecule has 0 unspecified atom stereocenters. The van der Waals surface area contributed by atoms with Crippen LogP contribution in [0.25, 0.3) is 0 Å². The highest BCUT2D eigenvalue weighted by atomic mass is 35.5. The molecule has 0 saturated carbocycles. The van der Waals surface area contributed by atoms with E-state index in [1.807, 2.05) is 30.3 Å². The molecule has 5 nitrogen and oxygen atoms in total. The number of fused-ring (bicyclic) bond motifs is 2. The highest BCUT2D eigenvalue weighted by Gasteiger charge is 2.31. The van der Waals surface area contributed by atoms with Crippen LogP contribution in [0, 0.1) is 0 Å². The van der Waals surface area contributed by atoms with Crippen molar-refractivity contribution in [1.82, 2.24) is 0 Å². The molecular weight excluding hydrogens is 332 g/mol. The minimum atomic E-state index is -0.840. The summed E-state index contributed by atoms with van der Waals surface area (Å²) in [6.45, 7) is 0.735. The molecule has 0 aliphatic carbocycles. The first-order chi connectivity index (χ1) is 11.6. The molecule has 4 rings (SSSR count). The highest BCUT2D eigenvalue weighted by Crippen LogP contribution is 2.46. The summed E-state index contributed by atoms with van der Waals surface area (Å²) in [6.07, 6.45) is -0.205. The van der Waals surface area contributed by atoms with Gasteiger partial charge >= 0.3 is 5.97 Å². The number of ether oxygens (including phenoxy) is 3. The Morgan fingerprint density at radius 3 is 2.75 bits per heavy atom. The molecule has 2 heterocycles. The van der Waals surface area contributed by atoms with E-state index in [1.54, 1.807) is 6.07 Å². The van der Waals surface area contributed by atoms with E-state index in [4.69, 9.17) is 30.9 Å². The van der Waals surface area contributed by atoms with Gasteiger partial charge in [0.05, 0.1) is 13.0 Å². The lowest BCUT2D eigenvalue weighted by atomic mass is 9.97. The van der Waals surface area contributed by atoms with Crippen molar-refractivity contribution in [1.29, 1.82) is 0 Å². The fourth-order valence-electron chi connectivity index (χ4n) is 3.09. The van der Waals surface area contributed by atoms with E-state index >= 15 is 0 Å². The second kappa shape index (κ2) is 5.91. The molecule has 0 saturated heterocycles. The Bertz CT molecular complexity index is 804. The maximum atomic E-state index is 11.0. The van der Waals surface area contributed by atoms with Crippen molar-refractivity contribution >= 4 is 17.6 Å². The summed E-state index contributed by atoms with van der Waals surface area (Å²) in [6, 6.07) is 11.1. The first-order valence-electron chi connectivity index (χ1n) is 7.67. The van der Waals surface area contributed by atoms with Gasteiger partial charge in [0, 0.05) is 22.6 Å². The van der Waals surface area contributed by atoms with Crippen molar-refractivity contribution in [2.24, 2.45) is 0 Å². The summed E-state index contributed by atoms with van der Waals surface area (Å²) in [4.78, 5) is 11.0. The maximum absolute atomic E-state index is 11.0. The third-order valence-corrected chi connectivity index (χ3v) is 4.49. The fraction of sp³-hybridized carbons (Fsp3) is 0.278. The van der Waals surface area contributed by atoms with Gasteiger partial charge < -0.3 is 19.3 Å². The van der Waals surface area contributed by atoms with Crippen LogP contribution in [0.3, 0.4) is 0 Å². The Kier molecular flexibility index (Phi) is 3.73. The zero-order valence-corrected chi connectivity index (χ0v) is 13.5. The van der Waals surface area contributed by atoms with Crippen molar-refractivity contribution in [3.8, 4) is 17.2 Å². The number of hydrogen-bond donors (Lipinski definition) is 1. The maximum Gasteiger partial charge on any atom is 0.304 e. The van der Waals surface area contributed by atoms with Gasteiger partial charge in [0.1, 0.15) is 12.4 Å². The van der Waals surface area contributed by atoms with Crippen LogP contribution >= 0.6 is 11.6 Å². The summed E-state index contributed by atoms with van der Waals surface area (Å²) >= 11 is 6.03. The lowest BCUT2D eigenvalue weighted by Crippen LogP contribution is -2.21. The largest absolute Gasteiger partial charge is 0.492 e. The average molecular weight is 347 g/mol. The Hall–Kier alpha value is -2.40. The van der Waals surface area contributed by atoms with Crippen molar-refractivity contribution in [2.45, 2.75) is 18.4 Å². The van der Waals surface area contributed by atoms with Gasteiger partial charge in [0.2, 0.25) is 0 Å². The van der Waals surface area contributed by atoms with E-state index in [1.165, 1.54) is 0 Å². The van der Waals surface area contributed by atoms with Crippen molar-refractivity contribution < 1.29 is 24.1 Å². The molecule has 6 heteroatoms. The summed E-state index contributed by atoms with van der Waals surface area (Å²) in [5.41, 5.74) is 1.80. The SMILES string of the molecule is O=C(O)C[C@@H]1COc2cc3c(cc21)OC[C@@H](c1cccc(Cl)c1)O3. The topological polar surface area (TPSA) is 65.0 Å². The van der Waals surface area contributed by atoms with Gasteiger partial charge in [0.25, 0.3) is 0 Å². The number of hydrogen-bond acceptors (Lipinski definition) is 4. The van der Waals surface area contributed by atoms with Gasteiger partial charge in [-0.2, -0.15) is 0 Å². The van der Waals surface area contributed by atoms with Gasteiger partial charge in [-0.15, -0.1) is 0 Å². The number of carboxylic acids is 1. The van der Waals surface area contributed by atoms with E-state index in [0.29, 0.717) is 35.5 Å². The normalized spacial score (nSPS) is 21.0. The molecule has 0 bridgehead atoms. The van der Waals surface area contributed by atoms with Crippen LogP contribution in [0.2, 0.25) is 5.02 Å². The third-order valence-electron chi connectivity index (χ3n) is 4.26. The van der Waals surface area contributed by atoms with Crippen LogP contribution in [0.5, 0.6) is 17.2 Å². The number of halogens is 1. The Balaban J connectivity index is 1.61. The molecule has 0 amide bonds. The summed E-state index contributed by atoms with van der Waals surface area (Å²) in [5, 5.41) is 9.65. The predicted molar refractivity (Wildman–Crippen MR) is 87.2 cm³/mol. The lowest BCUT2D eigenvalue weighted by molar-refractivity contribution is -0.137. The van der Waals surface area contributed by atoms with Crippen molar-refractivity contribution in [3.05, 3.63) is 52.5 Å². The molecule has 24 heavy (non-hydrogen) atoms. The molecule has 2 aliphatic rings. The van der Waals surface area contributed by atoms with Crippen LogP contribution in [0.15, 0.2) is 36.4 Å². The third kappa shape index (κ3) is 2.76. The van der Waals surface area contributed by atoms with E-state index < -0.39 is 5.97 Å². The quantitative estimate of drug-likeness (QED) is 0.915. The summed E-state index contributed by atoms with van der Waals surface area (Å²) < 4.78 is 17.5. The first kappa shape index (κ1) is 15.1. The van der Waals surface area contributed by atoms with Crippen LogP contribution in [0.1, 0.15) is 29.6 Å². The van der Waals surface area contributed by atoms with Crippen molar-refractivity contribution in [2.75, 3.05) is 13.2 Å². The van der Waals surface area contributed by atoms with Gasteiger partial charge in [-0.1, -0.05) is 23.7 Å². The minimum Gasteiger partial charge on any atom is -0.492 e. The molecule has 0 spiro atoms. The summed E-state index contributed by atoms with van der Waals surface area (Å²) in [5.74, 6) is 0.883. The first-order valence-corrected chi connectivity index (χ1v) is 8.05. The average Bonchev–Trinajstić information content (AvgIpc) is 2.93. The van der Waals surface area contributed by atoms with Crippen molar-refractivity contribution in [3.63, 3.8) is 0 Å². The van der Waals surface area contributed by atoms with Gasteiger partial charge in [0.15, 0.2) is 17.6 Å². The van der Waals surface area contributed by atoms with Gasteiger partial charge in [-0.25, -0.2) is 0 Å². The van der Waals surface area contributed by atoms with Crippen LogP contribution in [-0.2, 0) is 4.79 Å². The minimum absolute atomic E-state index is 0.0395. The van der Waals surface area contributed by atoms with Crippen LogP contribution in [-0.4, -0.2) is 24.3 Å². The molecule has 2 aromatic carbocycles. The van der Waals surface area contributed by atoms with E-state index in [-0.39, 0.29) is 18.4 Å². The Morgan fingerprint density at radius 1 is 1.12 bits per heavy atom. The lowest BCUT2D eigenvalue weighted by Gasteiger charge is -2.27.